The average Bonchev–Trinajstić information content (AvgIpc) is 2.54. The molecule has 0 spiro atoms. The highest BCUT2D eigenvalue weighted by Crippen LogP contribution is 2.21. The van der Waals surface area contributed by atoms with Gasteiger partial charge in [-0.1, -0.05) is 30.3 Å². The average molecular weight is 428 g/mol. The molecule has 0 radical (unpaired) electrons. The van der Waals surface area contributed by atoms with Crippen LogP contribution < -0.4 is 5.32 Å². The molecule has 0 aliphatic heterocycles. The van der Waals surface area contributed by atoms with Crippen LogP contribution in [0.2, 0.25) is 0 Å². The molecule has 2 rings (SSSR count). The number of carbonyl (C=O) groups is 1. The summed E-state index contributed by atoms with van der Waals surface area (Å²) in [5.41, 5.74) is 1.57. The number of nitrogens with one attached hydrogen (secondary N) is 1. The lowest BCUT2D eigenvalue weighted by atomic mass is 10.2. The van der Waals surface area contributed by atoms with E-state index in [4.69, 9.17) is 0 Å². The maximum Gasteiger partial charge on any atom is 0.252 e. The SMILES string of the molecule is CS(=O)(=O)c1ccc(Br)c(C(=O)NCCSCc2ccccc2)c1. The lowest BCUT2D eigenvalue weighted by Crippen LogP contribution is -2.26. The Hall–Kier alpha value is -1.31. The Kier molecular flexibility index (Phi) is 6.89. The zero-order valence-electron chi connectivity index (χ0n) is 13.2. The first-order valence-corrected chi connectivity index (χ1v) is 11.1. The van der Waals surface area contributed by atoms with Crippen molar-refractivity contribution in [2.24, 2.45) is 0 Å². The molecular weight excluding hydrogens is 410 g/mol. The van der Waals surface area contributed by atoms with Gasteiger partial charge in [-0.15, -0.1) is 0 Å². The van der Waals surface area contributed by atoms with Crippen molar-refractivity contribution in [2.45, 2.75) is 10.6 Å². The van der Waals surface area contributed by atoms with Crippen LogP contribution in [0, 0.1) is 0 Å². The normalized spacial score (nSPS) is 11.2. The molecule has 0 aromatic heterocycles. The second kappa shape index (κ2) is 8.69. The van der Waals surface area contributed by atoms with E-state index in [1.165, 1.54) is 17.7 Å². The number of halogens is 1. The number of thioether (sulfide) groups is 1. The van der Waals surface area contributed by atoms with Gasteiger partial charge in [-0.3, -0.25) is 4.79 Å². The molecule has 0 heterocycles. The highest BCUT2D eigenvalue weighted by atomic mass is 79.9. The maximum absolute atomic E-state index is 12.2. The Morgan fingerprint density at radius 1 is 1.17 bits per heavy atom. The summed E-state index contributed by atoms with van der Waals surface area (Å²) in [7, 11) is -3.34. The number of carbonyl (C=O) groups excluding carboxylic acids is 1. The first-order valence-electron chi connectivity index (χ1n) is 7.27. The van der Waals surface area contributed by atoms with E-state index in [0.29, 0.717) is 16.6 Å². The largest absolute Gasteiger partial charge is 0.351 e. The van der Waals surface area contributed by atoms with Gasteiger partial charge in [-0.2, -0.15) is 11.8 Å². The molecule has 0 fully saturated rings. The zero-order valence-corrected chi connectivity index (χ0v) is 16.4. The third kappa shape index (κ3) is 5.65. The molecule has 0 bridgehead atoms. The van der Waals surface area contributed by atoms with E-state index in [1.54, 1.807) is 17.8 Å². The number of hydrogen-bond donors (Lipinski definition) is 1. The minimum Gasteiger partial charge on any atom is -0.351 e. The Morgan fingerprint density at radius 2 is 1.88 bits per heavy atom. The number of rotatable bonds is 7. The predicted octanol–water partition coefficient (Wildman–Crippen LogP) is 3.52. The molecule has 0 saturated carbocycles. The molecule has 2 aromatic carbocycles. The van der Waals surface area contributed by atoms with Crippen molar-refractivity contribution in [3.63, 3.8) is 0 Å². The van der Waals surface area contributed by atoms with Gasteiger partial charge in [0.2, 0.25) is 0 Å². The Labute approximate surface area is 155 Å². The van der Waals surface area contributed by atoms with Gasteiger partial charge in [0, 0.05) is 28.8 Å². The van der Waals surface area contributed by atoms with E-state index in [2.05, 4.69) is 33.4 Å². The summed E-state index contributed by atoms with van der Waals surface area (Å²) < 4.78 is 23.8. The van der Waals surface area contributed by atoms with Crippen LogP contribution in [0.4, 0.5) is 0 Å². The summed E-state index contributed by atoms with van der Waals surface area (Å²) >= 11 is 5.02. The molecule has 4 nitrogen and oxygen atoms in total. The molecule has 1 amide bonds. The van der Waals surface area contributed by atoms with Crippen LogP contribution in [0.1, 0.15) is 15.9 Å². The van der Waals surface area contributed by atoms with Crippen molar-refractivity contribution in [1.29, 1.82) is 0 Å². The van der Waals surface area contributed by atoms with Gasteiger partial charge in [0.05, 0.1) is 10.5 Å². The quantitative estimate of drug-likeness (QED) is 0.686. The molecule has 7 heteroatoms. The Bertz CT molecular complexity index is 808. The fourth-order valence-corrected chi connectivity index (χ4v) is 3.90. The van der Waals surface area contributed by atoms with Gasteiger partial charge in [-0.25, -0.2) is 8.42 Å². The molecule has 0 saturated heterocycles. The lowest BCUT2D eigenvalue weighted by molar-refractivity contribution is 0.0955. The van der Waals surface area contributed by atoms with Gasteiger partial charge in [-0.05, 0) is 39.7 Å². The molecule has 2 aromatic rings. The predicted molar refractivity (Wildman–Crippen MR) is 102 cm³/mol. The van der Waals surface area contributed by atoms with Crippen LogP contribution in [-0.4, -0.2) is 32.9 Å². The van der Waals surface area contributed by atoms with Crippen LogP contribution in [0.3, 0.4) is 0 Å². The summed E-state index contributed by atoms with van der Waals surface area (Å²) in [4.78, 5) is 12.4. The Balaban J connectivity index is 1.86. The van der Waals surface area contributed by atoms with E-state index in [0.717, 1.165) is 17.8 Å². The fraction of sp³-hybridized carbons (Fsp3) is 0.235. The fourth-order valence-electron chi connectivity index (χ4n) is 2.01. The van der Waals surface area contributed by atoms with E-state index < -0.39 is 9.84 Å². The first-order chi connectivity index (χ1) is 11.4. The van der Waals surface area contributed by atoms with Gasteiger partial charge in [0.15, 0.2) is 9.84 Å². The number of hydrogen-bond acceptors (Lipinski definition) is 4. The molecule has 0 aliphatic rings. The van der Waals surface area contributed by atoms with E-state index in [-0.39, 0.29) is 10.8 Å². The summed E-state index contributed by atoms with van der Waals surface area (Å²) in [5, 5.41) is 2.82. The Morgan fingerprint density at radius 3 is 2.54 bits per heavy atom. The van der Waals surface area contributed by atoms with Crippen LogP contribution in [-0.2, 0) is 15.6 Å². The highest BCUT2D eigenvalue weighted by Gasteiger charge is 2.14. The van der Waals surface area contributed by atoms with Crippen molar-refractivity contribution < 1.29 is 13.2 Å². The lowest BCUT2D eigenvalue weighted by Gasteiger charge is -2.08. The number of benzene rings is 2. The van der Waals surface area contributed by atoms with Crippen LogP contribution in [0.5, 0.6) is 0 Å². The van der Waals surface area contributed by atoms with Gasteiger partial charge < -0.3 is 5.32 Å². The molecule has 128 valence electrons. The van der Waals surface area contributed by atoms with Crippen molar-refractivity contribution in [3.05, 3.63) is 64.1 Å². The topological polar surface area (TPSA) is 63.2 Å². The molecule has 1 N–H and O–H groups in total. The van der Waals surface area contributed by atoms with Crippen molar-refractivity contribution >= 4 is 43.4 Å². The zero-order chi connectivity index (χ0) is 17.6. The van der Waals surface area contributed by atoms with Gasteiger partial charge >= 0.3 is 0 Å². The third-order valence-corrected chi connectivity index (χ3v) is 6.09. The summed E-state index contributed by atoms with van der Waals surface area (Å²) in [6, 6.07) is 14.6. The van der Waals surface area contributed by atoms with Crippen molar-refractivity contribution in [1.82, 2.24) is 5.32 Å². The minimum absolute atomic E-state index is 0.134. The van der Waals surface area contributed by atoms with Crippen LogP contribution in [0.25, 0.3) is 0 Å². The first kappa shape index (κ1) is 19.0. The number of sulfone groups is 1. The third-order valence-electron chi connectivity index (χ3n) is 3.25. The standard InChI is InChI=1S/C17H18BrNO3S2/c1-24(21,22)14-7-8-16(18)15(11-14)17(20)19-9-10-23-12-13-5-3-2-4-6-13/h2-8,11H,9-10,12H2,1H3,(H,19,20). The highest BCUT2D eigenvalue weighted by molar-refractivity contribution is 9.10. The van der Waals surface area contributed by atoms with Gasteiger partial charge in [0.1, 0.15) is 0 Å². The minimum atomic E-state index is -3.34. The number of amides is 1. The molecule has 0 aliphatic carbocycles. The summed E-state index contributed by atoms with van der Waals surface area (Å²) in [6.45, 7) is 0.520. The van der Waals surface area contributed by atoms with Crippen LogP contribution in [0.15, 0.2) is 57.9 Å². The smallest absolute Gasteiger partial charge is 0.252 e. The maximum atomic E-state index is 12.2. The molecule has 0 unspecified atom stereocenters. The van der Waals surface area contributed by atoms with E-state index in [1.807, 2.05) is 18.2 Å². The molecule has 24 heavy (non-hydrogen) atoms. The van der Waals surface area contributed by atoms with Crippen molar-refractivity contribution in [2.75, 3.05) is 18.6 Å². The summed E-state index contributed by atoms with van der Waals surface area (Å²) in [6.07, 6.45) is 1.12. The second-order valence-corrected chi connectivity index (χ2v) is 9.18. The van der Waals surface area contributed by atoms with E-state index in [9.17, 15) is 13.2 Å². The van der Waals surface area contributed by atoms with E-state index >= 15 is 0 Å². The molecular formula is C17H18BrNO3S2. The van der Waals surface area contributed by atoms with Crippen molar-refractivity contribution in [3.8, 4) is 0 Å². The monoisotopic (exact) mass is 427 g/mol. The summed E-state index contributed by atoms with van der Waals surface area (Å²) in [5.74, 6) is 1.39. The molecule has 0 atom stereocenters. The second-order valence-electron chi connectivity index (χ2n) is 5.21. The van der Waals surface area contributed by atoms with Crippen LogP contribution >= 0.6 is 27.7 Å². The van der Waals surface area contributed by atoms with Gasteiger partial charge in [0.25, 0.3) is 5.91 Å².